The number of rotatable bonds is 4. The minimum absolute atomic E-state index is 0.0485. The lowest BCUT2D eigenvalue weighted by atomic mass is 10.1. The summed E-state index contributed by atoms with van der Waals surface area (Å²) in [5.41, 5.74) is 2.18. The summed E-state index contributed by atoms with van der Waals surface area (Å²) in [4.78, 5) is 22.5. The first kappa shape index (κ1) is 23.5. The number of ether oxygens (including phenoxy) is 4. The maximum Gasteiger partial charge on any atom is 0.254 e. The molecule has 2 heterocycles. The Hall–Kier alpha value is -4.20. The van der Waals surface area contributed by atoms with Crippen molar-refractivity contribution in [1.82, 2.24) is 9.80 Å². The van der Waals surface area contributed by atoms with E-state index < -0.39 is 0 Å². The Balaban J connectivity index is 1.44. The van der Waals surface area contributed by atoms with Gasteiger partial charge in [0.15, 0.2) is 5.75 Å². The van der Waals surface area contributed by atoms with E-state index in [1.165, 1.54) is 0 Å². The number of aliphatic imine (C=N–C) groups is 1. The molecule has 1 fully saturated rings. The third-order valence-corrected chi connectivity index (χ3v) is 6.42. The molecule has 0 spiro atoms. The summed E-state index contributed by atoms with van der Waals surface area (Å²) in [6.07, 6.45) is 0.799. The minimum atomic E-state index is -0.0485. The molecule has 0 radical (unpaired) electrons. The maximum atomic E-state index is 13.4. The average molecular weight is 488 g/mol. The lowest BCUT2D eigenvalue weighted by molar-refractivity contribution is 0.0763. The number of amidine groups is 1. The first-order valence-electron chi connectivity index (χ1n) is 11.9. The highest BCUT2D eigenvalue weighted by Gasteiger charge is 2.27. The van der Waals surface area contributed by atoms with Gasteiger partial charge in [-0.1, -0.05) is 12.1 Å². The van der Waals surface area contributed by atoms with Crippen LogP contribution in [-0.2, 0) is 0 Å². The van der Waals surface area contributed by atoms with Gasteiger partial charge in [0.05, 0.1) is 26.9 Å². The molecule has 1 amide bonds. The van der Waals surface area contributed by atoms with Crippen molar-refractivity contribution in [2.24, 2.45) is 4.99 Å². The summed E-state index contributed by atoms with van der Waals surface area (Å²) in [5.74, 6) is 4.10. The zero-order chi connectivity index (χ0) is 25.1. The van der Waals surface area contributed by atoms with Crippen molar-refractivity contribution in [3.8, 4) is 28.7 Å². The molecule has 3 aromatic rings. The molecule has 1 saturated heterocycles. The molecule has 0 unspecified atom stereocenters. The van der Waals surface area contributed by atoms with E-state index in [-0.39, 0.29) is 5.91 Å². The van der Waals surface area contributed by atoms with Gasteiger partial charge in [0, 0.05) is 37.8 Å². The van der Waals surface area contributed by atoms with Crippen molar-refractivity contribution in [1.29, 1.82) is 0 Å². The summed E-state index contributed by atoms with van der Waals surface area (Å²) >= 11 is 0. The van der Waals surface area contributed by atoms with Gasteiger partial charge >= 0.3 is 0 Å². The minimum Gasteiger partial charge on any atom is -0.497 e. The average Bonchev–Trinajstić information content (AvgIpc) is 3.26. The molecule has 0 bridgehead atoms. The Morgan fingerprint density at radius 3 is 2.31 bits per heavy atom. The lowest BCUT2D eigenvalue weighted by Gasteiger charge is -2.25. The van der Waals surface area contributed by atoms with E-state index in [2.05, 4.69) is 4.90 Å². The molecule has 2 aliphatic rings. The molecule has 36 heavy (non-hydrogen) atoms. The van der Waals surface area contributed by atoms with Crippen LogP contribution < -0.4 is 18.9 Å². The number of carbonyl (C=O) groups excluding carboxylic acids is 1. The van der Waals surface area contributed by atoms with Crippen LogP contribution in [-0.4, -0.2) is 69.1 Å². The zero-order valence-corrected chi connectivity index (χ0v) is 20.7. The fourth-order valence-corrected chi connectivity index (χ4v) is 4.52. The van der Waals surface area contributed by atoms with Crippen LogP contribution in [0.5, 0.6) is 28.7 Å². The van der Waals surface area contributed by atoms with Gasteiger partial charge in [-0.15, -0.1) is 0 Å². The highest BCUT2D eigenvalue weighted by molar-refractivity contribution is 6.04. The summed E-state index contributed by atoms with van der Waals surface area (Å²) in [6, 6.07) is 18.8. The van der Waals surface area contributed by atoms with Crippen molar-refractivity contribution in [3.05, 3.63) is 71.8 Å². The number of para-hydroxylation sites is 2. The van der Waals surface area contributed by atoms with Crippen LogP contribution in [0.4, 0.5) is 5.69 Å². The third kappa shape index (κ3) is 4.66. The van der Waals surface area contributed by atoms with Crippen LogP contribution in [0.15, 0.2) is 65.7 Å². The predicted molar refractivity (Wildman–Crippen MR) is 137 cm³/mol. The van der Waals surface area contributed by atoms with Gasteiger partial charge in [0.1, 0.15) is 34.5 Å². The highest BCUT2D eigenvalue weighted by Crippen LogP contribution is 2.39. The Labute approximate surface area is 210 Å². The molecule has 3 aromatic carbocycles. The smallest absolute Gasteiger partial charge is 0.254 e. The quantitative estimate of drug-likeness (QED) is 0.529. The molecule has 0 aromatic heterocycles. The van der Waals surface area contributed by atoms with Crippen molar-refractivity contribution < 1.29 is 23.7 Å². The second-order valence-electron chi connectivity index (χ2n) is 8.60. The molecule has 5 rings (SSSR count). The molecule has 2 aliphatic heterocycles. The van der Waals surface area contributed by atoms with Gasteiger partial charge in [0.2, 0.25) is 0 Å². The summed E-state index contributed by atoms with van der Waals surface area (Å²) in [7, 11) is 4.80. The number of hydrogen-bond acceptors (Lipinski definition) is 7. The first-order valence-corrected chi connectivity index (χ1v) is 11.9. The van der Waals surface area contributed by atoms with Gasteiger partial charge in [-0.2, -0.15) is 0 Å². The highest BCUT2D eigenvalue weighted by atomic mass is 16.5. The largest absolute Gasteiger partial charge is 0.497 e. The normalized spacial score (nSPS) is 14.9. The molecule has 0 aliphatic carbocycles. The van der Waals surface area contributed by atoms with Crippen molar-refractivity contribution >= 4 is 17.4 Å². The molecular weight excluding hydrogens is 458 g/mol. The molecule has 8 nitrogen and oxygen atoms in total. The van der Waals surface area contributed by atoms with E-state index in [0.717, 1.165) is 41.6 Å². The standard InChI is InChI=1S/C28H29N3O5/c1-33-20-9-10-25-23(18-20)27(29-24-7-4-5-8-26(24)36-25)30-11-6-12-31(14-13-30)28(32)19-15-21(34-2)17-22(16-19)35-3/h4-5,7-10,15-18H,6,11-14H2,1-3H3. The predicted octanol–water partition coefficient (Wildman–Crippen LogP) is 4.74. The second kappa shape index (κ2) is 10.2. The second-order valence-corrected chi connectivity index (χ2v) is 8.60. The zero-order valence-electron chi connectivity index (χ0n) is 20.7. The summed E-state index contributed by atoms with van der Waals surface area (Å²) < 4.78 is 22.4. The van der Waals surface area contributed by atoms with E-state index in [0.29, 0.717) is 42.4 Å². The maximum absolute atomic E-state index is 13.4. The third-order valence-electron chi connectivity index (χ3n) is 6.42. The van der Waals surface area contributed by atoms with E-state index >= 15 is 0 Å². The number of methoxy groups -OCH3 is 3. The summed E-state index contributed by atoms with van der Waals surface area (Å²) in [6.45, 7) is 2.58. The van der Waals surface area contributed by atoms with Crippen LogP contribution in [0.1, 0.15) is 22.3 Å². The van der Waals surface area contributed by atoms with Gasteiger partial charge in [-0.25, -0.2) is 4.99 Å². The molecule has 8 heteroatoms. The fraction of sp³-hybridized carbons (Fsp3) is 0.286. The van der Waals surface area contributed by atoms with E-state index in [1.54, 1.807) is 39.5 Å². The van der Waals surface area contributed by atoms with Crippen molar-refractivity contribution in [3.63, 3.8) is 0 Å². The number of fused-ring (bicyclic) bond motifs is 2. The SMILES string of the molecule is COc1cc(OC)cc(C(=O)N2CCCN(C3=Nc4ccccc4Oc4ccc(OC)cc43)CC2)c1. The van der Waals surface area contributed by atoms with Gasteiger partial charge in [0.25, 0.3) is 5.91 Å². The van der Waals surface area contributed by atoms with Gasteiger partial charge < -0.3 is 28.7 Å². The molecule has 0 saturated carbocycles. The Morgan fingerprint density at radius 1 is 0.806 bits per heavy atom. The van der Waals surface area contributed by atoms with Crippen LogP contribution in [0.2, 0.25) is 0 Å². The monoisotopic (exact) mass is 487 g/mol. The molecule has 0 atom stereocenters. The fourth-order valence-electron chi connectivity index (χ4n) is 4.52. The number of carbonyl (C=O) groups is 1. The number of nitrogens with zero attached hydrogens (tertiary/aromatic N) is 3. The van der Waals surface area contributed by atoms with Crippen LogP contribution >= 0.6 is 0 Å². The topological polar surface area (TPSA) is 72.8 Å². The van der Waals surface area contributed by atoms with Gasteiger partial charge in [-0.05, 0) is 48.9 Å². The Bertz CT molecular complexity index is 1280. The summed E-state index contributed by atoms with van der Waals surface area (Å²) in [5, 5.41) is 0. The van der Waals surface area contributed by atoms with E-state index in [4.69, 9.17) is 23.9 Å². The Kier molecular flexibility index (Phi) is 6.66. The van der Waals surface area contributed by atoms with Crippen LogP contribution in [0.3, 0.4) is 0 Å². The number of amides is 1. The van der Waals surface area contributed by atoms with Crippen LogP contribution in [0, 0.1) is 0 Å². The molecule has 0 N–H and O–H groups in total. The Morgan fingerprint density at radius 2 is 1.56 bits per heavy atom. The molecule has 186 valence electrons. The van der Waals surface area contributed by atoms with E-state index in [9.17, 15) is 4.79 Å². The first-order chi connectivity index (χ1) is 17.6. The van der Waals surface area contributed by atoms with Crippen molar-refractivity contribution in [2.45, 2.75) is 6.42 Å². The van der Waals surface area contributed by atoms with Gasteiger partial charge in [-0.3, -0.25) is 4.79 Å². The number of hydrogen-bond donors (Lipinski definition) is 0. The van der Waals surface area contributed by atoms with Crippen LogP contribution in [0.25, 0.3) is 0 Å². The van der Waals surface area contributed by atoms with Crippen molar-refractivity contribution in [2.75, 3.05) is 47.5 Å². The lowest BCUT2D eigenvalue weighted by Crippen LogP contribution is -2.37. The number of benzene rings is 3. The molecular formula is C28H29N3O5. The van der Waals surface area contributed by atoms with E-state index in [1.807, 2.05) is 47.4 Å².